The number of hydrogen-bond donors (Lipinski definition) is 1. The van der Waals surface area contributed by atoms with Crippen LogP contribution in [0, 0.1) is 13.8 Å². The van der Waals surface area contributed by atoms with Crippen LogP contribution < -0.4 is 5.69 Å². The molecular formula is C9H13BrN2O2. The minimum Gasteiger partial charge on any atom is -0.392 e. The van der Waals surface area contributed by atoms with Gasteiger partial charge in [0.15, 0.2) is 0 Å². The zero-order valence-corrected chi connectivity index (χ0v) is 10.00. The molecule has 0 saturated heterocycles. The van der Waals surface area contributed by atoms with Crippen molar-refractivity contribution in [3.05, 3.63) is 26.3 Å². The van der Waals surface area contributed by atoms with E-state index in [1.54, 1.807) is 13.8 Å². The molecule has 1 aromatic rings. The topological polar surface area (TPSA) is 55.1 Å². The number of hydrogen-bond acceptors (Lipinski definition) is 3. The second-order valence-corrected chi connectivity index (χ2v) is 4.13. The van der Waals surface area contributed by atoms with E-state index < -0.39 is 6.10 Å². The second kappa shape index (κ2) is 4.23. The van der Waals surface area contributed by atoms with Crippen LogP contribution in [-0.4, -0.2) is 20.8 Å². The normalized spacial score (nSPS) is 12.9. The Hall–Kier alpha value is -0.680. The van der Waals surface area contributed by atoms with Crippen LogP contribution in [0.4, 0.5) is 0 Å². The summed E-state index contributed by atoms with van der Waals surface area (Å²) in [5.74, 6) is 0. The Morgan fingerprint density at radius 3 is 2.64 bits per heavy atom. The molecule has 1 N–H and O–H groups in total. The van der Waals surface area contributed by atoms with Crippen molar-refractivity contribution in [2.45, 2.75) is 33.4 Å². The van der Waals surface area contributed by atoms with Crippen LogP contribution >= 0.6 is 15.9 Å². The Morgan fingerprint density at radius 1 is 1.57 bits per heavy atom. The summed E-state index contributed by atoms with van der Waals surface area (Å²) in [7, 11) is 0. The van der Waals surface area contributed by atoms with Crippen molar-refractivity contribution in [1.82, 2.24) is 9.55 Å². The maximum Gasteiger partial charge on any atom is 0.348 e. The molecule has 0 amide bonds. The number of nitrogens with zero attached hydrogens (tertiary/aromatic N) is 2. The highest BCUT2D eigenvalue weighted by Crippen LogP contribution is 2.16. The van der Waals surface area contributed by atoms with E-state index in [-0.39, 0.29) is 12.2 Å². The Bertz CT molecular complexity index is 399. The van der Waals surface area contributed by atoms with Gasteiger partial charge in [-0.2, -0.15) is 4.98 Å². The van der Waals surface area contributed by atoms with E-state index in [0.29, 0.717) is 5.69 Å². The third-order valence-electron chi connectivity index (χ3n) is 1.98. The van der Waals surface area contributed by atoms with Crippen LogP contribution in [0.15, 0.2) is 9.27 Å². The van der Waals surface area contributed by atoms with Gasteiger partial charge < -0.3 is 5.11 Å². The average Bonchev–Trinajstić information content (AvgIpc) is 2.09. The number of rotatable bonds is 2. The molecule has 0 aliphatic rings. The first-order valence-electron chi connectivity index (χ1n) is 4.35. The van der Waals surface area contributed by atoms with E-state index in [1.807, 2.05) is 6.92 Å². The van der Waals surface area contributed by atoms with Gasteiger partial charge in [-0.25, -0.2) is 4.79 Å². The zero-order valence-electron chi connectivity index (χ0n) is 8.41. The van der Waals surface area contributed by atoms with E-state index in [2.05, 4.69) is 20.9 Å². The summed E-state index contributed by atoms with van der Waals surface area (Å²) in [5.41, 5.74) is 1.15. The van der Waals surface area contributed by atoms with Gasteiger partial charge in [0.2, 0.25) is 0 Å². The van der Waals surface area contributed by atoms with Crippen molar-refractivity contribution in [2.75, 3.05) is 0 Å². The molecule has 5 heteroatoms. The summed E-state index contributed by atoms with van der Waals surface area (Å²) in [6, 6.07) is 0. The number of aliphatic hydroxyl groups excluding tert-OH is 1. The van der Waals surface area contributed by atoms with E-state index in [0.717, 1.165) is 10.2 Å². The predicted octanol–water partition coefficient (Wildman–Crippen LogP) is 1.00. The molecule has 0 aliphatic carbocycles. The van der Waals surface area contributed by atoms with Crippen molar-refractivity contribution in [3.8, 4) is 0 Å². The van der Waals surface area contributed by atoms with Gasteiger partial charge in [0.1, 0.15) is 0 Å². The quantitative estimate of drug-likeness (QED) is 0.864. The van der Waals surface area contributed by atoms with E-state index >= 15 is 0 Å². The van der Waals surface area contributed by atoms with Crippen molar-refractivity contribution < 1.29 is 5.11 Å². The lowest BCUT2D eigenvalue weighted by Gasteiger charge is -2.13. The van der Waals surface area contributed by atoms with Crippen molar-refractivity contribution in [2.24, 2.45) is 0 Å². The van der Waals surface area contributed by atoms with Crippen LogP contribution in [0.5, 0.6) is 0 Å². The van der Waals surface area contributed by atoms with Gasteiger partial charge >= 0.3 is 5.69 Å². The van der Waals surface area contributed by atoms with Crippen LogP contribution in [0.25, 0.3) is 0 Å². The molecule has 14 heavy (non-hydrogen) atoms. The fourth-order valence-corrected chi connectivity index (χ4v) is 1.56. The maximum absolute atomic E-state index is 11.5. The summed E-state index contributed by atoms with van der Waals surface area (Å²) >= 11 is 3.35. The summed E-state index contributed by atoms with van der Waals surface area (Å²) in [6.07, 6.45) is -0.553. The van der Waals surface area contributed by atoms with Gasteiger partial charge in [-0.1, -0.05) is 0 Å². The molecule has 0 aliphatic heterocycles. The minimum absolute atomic E-state index is 0.274. The first-order chi connectivity index (χ1) is 6.43. The number of aryl methyl sites for hydroxylation is 1. The SMILES string of the molecule is Cc1nc(=O)n(CC(C)O)c(C)c1Br. The van der Waals surface area contributed by atoms with Gasteiger partial charge in [-0.3, -0.25) is 4.57 Å². The molecule has 4 nitrogen and oxygen atoms in total. The number of aromatic nitrogens is 2. The van der Waals surface area contributed by atoms with Gasteiger partial charge in [-0.05, 0) is 36.7 Å². The highest BCUT2D eigenvalue weighted by molar-refractivity contribution is 9.10. The lowest BCUT2D eigenvalue weighted by Crippen LogP contribution is -2.30. The summed E-state index contributed by atoms with van der Waals surface area (Å²) < 4.78 is 2.28. The minimum atomic E-state index is -0.553. The zero-order chi connectivity index (χ0) is 10.9. The van der Waals surface area contributed by atoms with Gasteiger partial charge in [0, 0.05) is 5.69 Å². The Balaban J connectivity index is 3.30. The molecule has 1 heterocycles. The van der Waals surface area contributed by atoms with Crippen LogP contribution in [0.1, 0.15) is 18.3 Å². The van der Waals surface area contributed by atoms with Crippen LogP contribution in [0.3, 0.4) is 0 Å². The molecule has 0 spiro atoms. The summed E-state index contributed by atoms with van der Waals surface area (Å²) in [5, 5.41) is 9.21. The molecule has 0 radical (unpaired) electrons. The van der Waals surface area contributed by atoms with Gasteiger partial charge in [0.25, 0.3) is 0 Å². The molecule has 0 aromatic carbocycles. The maximum atomic E-state index is 11.5. The van der Waals surface area contributed by atoms with Gasteiger partial charge in [-0.15, -0.1) is 0 Å². The molecular weight excluding hydrogens is 248 g/mol. The summed E-state index contributed by atoms with van der Waals surface area (Å²) in [6.45, 7) is 5.50. The standard InChI is InChI=1S/C9H13BrN2O2/c1-5(13)4-12-7(3)8(10)6(2)11-9(12)14/h5,13H,4H2,1-3H3. The molecule has 0 saturated carbocycles. The average molecular weight is 261 g/mol. The Kier molecular flexibility index (Phi) is 3.44. The highest BCUT2D eigenvalue weighted by Gasteiger charge is 2.10. The van der Waals surface area contributed by atoms with Crippen LogP contribution in [-0.2, 0) is 6.54 Å². The molecule has 1 unspecified atom stereocenters. The third kappa shape index (κ3) is 2.22. The monoisotopic (exact) mass is 260 g/mol. The van der Waals surface area contributed by atoms with E-state index in [4.69, 9.17) is 0 Å². The second-order valence-electron chi connectivity index (χ2n) is 3.34. The first-order valence-corrected chi connectivity index (χ1v) is 5.14. The number of halogens is 1. The lowest BCUT2D eigenvalue weighted by molar-refractivity contribution is 0.170. The fourth-order valence-electron chi connectivity index (χ4n) is 1.26. The molecule has 0 bridgehead atoms. The smallest absolute Gasteiger partial charge is 0.348 e. The Labute approximate surface area is 90.7 Å². The van der Waals surface area contributed by atoms with Gasteiger partial charge in [0.05, 0.1) is 22.8 Å². The predicted molar refractivity (Wildman–Crippen MR) is 57.4 cm³/mol. The molecule has 1 rings (SSSR count). The molecule has 1 atom stereocenters. The summed E-state index contributed by atoms with van der Waals surface area (Å²) in [4.78, 5) is 15.3. The molecule has 78 valence electrons. The Morgan fingerprint density at radius 2 is 2.14 bits per heavy atom. The fraction of sp³-hybridized carbons (Fsp3) is 0.556. The number of aliphatic hydroxyl groups is 1. The van der Waals surface area contributed by atoms with Crippen molar-refractivity contribution in [3.63, 3.8) is 0 Å². The van der Waals surface area contributed by atoms with E-state index in [9.17, 15) is 9.90 Å². The van der Waals surface area contributed by atoms with Crippen LogP contribution in [0.2, 0.25) is 0 Å². The highest BCUT2D eigenvalue weighted by atomic mass is 79.9. The van der Waals surface area contributed by atoms with Crippen molar-refractivity contribution >= 4 is 15.9 Å². The first kappa shape index (κ1) is 11.4. The third-order valence-corrected chi connectivity index (χ3v) is 3.13. The largest absolute Gasteiger partial charge is 0.392 e. The van der Waals surface area contributed by atoms with Crippen molar-refractivity contribution in [1.29, 1.82) is 0 Å². The van der Waals surface area contributed by atoms with E-state index in [1.165, 1.54) is 4.57 Å². The lowest BCUT2D eigenvalue weighted by atomic mass is 10.3. The molecule has 1 aromatic heterocycles. The molecule has 0 fully saturated rings.